The normalized spacial score (nSPS) is 18.0. The maximum absolute atomic E-state index is 5.94. The minimum absolute atomic E-state index is 0.397. The van der Waals surface area contributed by atoms with Crippen LogP contribution in [0.2, 0.25) is 0 Å². The molecule has 0 radical (unpaired) electrons. The first-order valence-electron chi connectivity index (χ1n) is 8.59. The molecule has 0 unspecified atom stereocenters. The second kappa shape index (κ2) is 7.63. The van der Waals surface area contributed by atoms with Crippen molar-refractivity contribution in [2.45, 2.75) is 26.2 Å². The number of imidazole rings is 1. The van der Waals surface area contributed by atoms with Gasteiger partial charge in [0.15, 0.2) is 0 Å². The van der Waals surface area contributed by atoms with Crippen LogP contribution in [0.4, 0.5) is 0 Å². The zero-order chi connectivity index (χ0) is 16.9. The largest absolute Gasteiger partial charge is 0.468 e. The number of hydrogen-bond donors (Lipinski definition) is 0. The number of furan rings is 1. The first-order chi connectivity index (χ1) is 12.4. The van der Waals surface area contributed by atoms with Gasteiger partial charge in [-0.2, -0.15) is 0 Å². The summed E-state index contributed by atoms with van der Waals surface area (Å²) in [6, 6.07) is 9.85. The van der Waals surface area contributed by atoms with Crippen LogP contribution < -0.4 is 0 Å². The highest BCUT2D eigenvalue weighted by atomic mass is 16.5. The molecule has 25 heavy (non-hydrogen) atoms. The van der Waals surface area contributed by atoms with E-state index in [9.17, 15) is 0 Å². The van der Waals surface area contributed by atoms with Crippen molar-refractivity contribution in [3.05, 3.63) is 72.5 Å². The summed E-state index contributed by atoms with van der Waals surface area (Å²) in [5.74, 6) is 2.47. The fraction of sp³-hybridized carbons (Fsp3) is 0.368. The van der Waals surface area contributed by atoms with Crippen LogP contribution in [0.1, 0.15) is 17.3 Å². The molecule has 0 fully saturated rings. The van der Waals surface area contributed by atoms with E-state index in [0.29, 0.717) is 19.1 Å². The molecule has 0 amide bonds. The lowest BCUT2D eigenvalue weighted by molar-refractivity contribution is 0.0638. The van der Waals surface area contributed by atoms with Crippen LogP contribution in [0, 0.1) is 5.92 Å². The van der Waals surface area contributed by atoms with Crippen LogP contribution in [0.3, 0.4) is 0 Å². The summed E-state index contributed by atoms with van der Waals surface area (Å²) in [5.41, 5.74) is 0.965. The molecule has 4 heterocycles. The minimum Gasteiger partial charge on any atom is -0.468 e. The molecular formula is C19H22N4O2. The molecule has 3 aromatic rings. The number of aromatic nitrogens is 3. The Balaban J connectivity index is 1.40. The van der Waals surface area contributed by atoms with Crippen molar-refractivity contribution in [2.75, 3.05) is 13.2 Å². The summed E-state index contributed by atoms with van der Waals surface area (Å²) in [4.78, 5) is 11.2. The second-order valence-corrected chi connectivity index (χ2v) is 6.45. The van der Waals surface area contributed by atoms with Crippen molar-refractivity contribution in [2.24, 2.45) is 5.92 Å². The van der Waals surface area contributed by atoms with Crippen molar-refractivity contribution in [1.29, 1.82) is 0 Å². The number of pyridine rings is 1. The lowest BCUT2D eigenvalue weighted by Gasteiger charge is -2.22. The number of fused-ring (bicyclic) bond motifs is 1. The highest BCUT2D eigenvalue weighted by Gasteiger charge is 2.23. The van der Waals surface area contributed by atoms with Gasteiger partial charge in [-0.05, 0) is 24.3 Å². The average Bonchev–Trinajstić information content (AvgIpc) is 3.25. The Hall–Kier alpha value is -2.44. The van der Waals surface area contributed by atoms with Gasteiger partial charge in [0.2, 0.25) is 0 Å². The van der Waals surface area contributed by atoms with Gasteiger partial charge in [-0.3, -0.25) is 9.88 Å². The van der Waals surface area contributed by atoms with Crippen LogP contribution >= 0.6 is 0 Å². The van der Waals surface area contributed by atoms with E-state index in [1.807, 2.05) is 36.5 Å². The fourth-order valence-electron chi connectivity index (χ4n) is 3.29. The Morgan fingerprint density at radius 1 is 1.12 bits per heavy atom. The van der Waals surface area contributed by atoms with E-state index in [0.717, 1.165) is 43.5 Å². The quantitative estimate of drug-likeness (QED) is 0.692. The molecule has 0 saturated carbocycles. The molecule has 1 aliphatic heterocycles. The zero-order valence-corrected chi connectivity index (χ0v) is 14.1. The van der Waals surface area contributed by atoms with Gasteiger partial charge in [-0.15, -0.1) is 0 Å². The zero-order valence-electron chi connectivity index (χ0n) is 14.1. The molecule has 130 valence electrons. The lowest BCUT2D eigenvalue weighted by Crippen LogP contribution is -2.30. The monoisotopic (exact) mass is 338 g/mol. The molecule has 4 rings (SSSR count). The number of rotatable bonds is 6. The summed E-state index contributed by atoms with van der Waals surface area (Å²) < 4.78 is 13.7. The minimum atomic E-state index is 0.397. The molecule has 0 aromatic carbocycles. The number of hydrogen-bond acceptors (Lipinski definition) is 5. The van der Waals surface area contributed by atoms with Gasteiger partial charge in [0.25, 0.3) is 0 Å². The molecule has 1 aliphatic rings. The molecule has 3 aromatic heterocycles. The smallest absolute Gasteiger partial charge is 0.122 e. The fourth-order valence-corrected chi connectivity index (χ4v) is 3.29. The van der Waals surface area contributed by atoms with Crippen molar-refractivity contribution in [1.82, 2.24) is 19.4 Å². The Kier molecular flexibility index (Phi) is 4.90. The van der Waals surface area contributed by atoms with Crippen molar-refractivity contribution >= 4 is 0 Å². The summed E-state index contributed by atoms with van der Waals surface area (Å²) in [5, 5.41) is 0. The standard InChI is InChI=1S/C19H22N4O2/c1-2-6-20-17(4-1)15-24-14-16-10-22(12-18-5-3-9-25-18)13-19-21-7-8-23(19)11-16/h1-9,16H,10-15H2/t16-/m1/s1. The molecule has 6 heteroatoms. The Morgan fingerprint density at radius 3 is 2.96 bits per heavy atom. The Bertz CT molecular complexity index is 770. The maximum Gasteiger partial charge on any atom is 0.122 e. The molecule has 0 spiro atoms. The van der Waals surface area contributed by atoms with Crippen LogP contribution in [0.25, 0.3) is 0 Å². The highest BCUT2D eigenvalue weighted by Crippen LogP contribution is 2.18. The number of ether oxygens (including phenoxy) is 1. The van der Waals surface area contributed by atoms with Crippen LogP contribution in [0.15, 0.2) is 59.6 Å². The lowest BCUT2D eigenvalue weighted by atomic mass is 10.1. The third-order valence-corrected chi connectivity index (χ3v) is 4.43. The van der Waals surface area contributed by atoms with Crippen LogP contribution in [-0.4, -0.2) is 32.6 Å². The molecule has 0 saturated heterocycles. The van der Waals surface area contributed by atoms with Gasteiger partial charge >= 0.3 is 0 Å². The van der Waals surface area contributed by atoms with Gasteiger partial charge in [0, 0.05) is 37.6 Å². The SMILES string of the molecule is c1ccc(COC[C@@H]2CN(Cc3ccco3)Cc3nccn3C2)nc1. The Morgan fingerprint density at radius 2 is 2.12 bits per heavy atom. The van der Waals surface area contributed by atoms with Gasteiger partial charge in [0.1, 0.15) is 11.6 Å². The number of nitrogens with zero attached hydrogens (tertiary/aromatic N) is 4. The van der Waals surface area contributed by atoms with Crippen LogP contribution in [-0.2, 0) is 31.0 Å². The van der Waals surface area contributed by atoms with E-state index in [1.54, 1.807) is 12.5 Å². The molecule has 1 atom stereocenters. The van der Waals surface area contributed by atoms with E-state index >= 15 is 0 Å². The summed E-state index contributed by atoms with van der Waals surface area (Å²) in [6.07, 6.45) is 7.45. The molecule has 0 aliphatic carbocycles. The van der Waals surface area contributed by atoms with Crippen molar-refractivity contribution in [3.8, 4) is 0 Å². The first kappa shape index (κ1) is 16.1. The van der Waals surface area contributed by atoms with Gasteiger partial charge in [-0.25, -0.2) is 4.98 Å². The van der Waals surface area contributed by atoms with E-state index in [2.05, 4.69) is 25.6 Å². The molecule has 0 N–H and O–H groups in total. The summed E-state index contributed by atoms with van der Waals surface area (Å²) in [7, 11) is 0. The van der Waals surface area contributed by atoms with Gasteiger partial charge < -0.3 is 13.7 Å². The second-order valence-electron chi connectivity index (χ2n) is 6.45. The summed E-state index contributed by atoms with van der Waals surface area (Å²) in [6.45, 7) is 4.73. The molecular weight excluding hydrogens is 316 g/mol. The van der Waals surface area contributed by atoms with Crippen molar-refractivity contribution in [3.63, 3.8) is 0 Å². The topological polar surface area (TPSA) is 56.3 Å². The maximum atomic E-state index is 5.94. The molecule has 0 bridgehead atoms. The van der Waals surface area contributed by atoms with E-state index < -0.39 is 0 Å². The summed E-state index contributed by atoms with van der Waals surface area (Å²) >= 11 is 0. The van der Waals surface area contributed by atoms with Crippen molar-refractivity contribution < 1.29 is 9.15 Å². The molecule has 6 nitrogen and oxygen atoms in total. The van der Waals surface area contributed by atoms with Gasteiger partial charge in [0.05, 0.1) is 38.3 Å². The Labute approximate surface area is 147 Å². The average molecular weight is 338 g/mol. The van der Waals surface area contributed by atoms with E-state index in [4.69, 9.17) is 9.15 Å². The third kappa shape index (κ3) is 4.15. The van der Waals surface area contributed by atoms with E-state index in [-0.39, 0.29) is 0 Å². The predicted octanol–water partition coefficient (Wildman–Crippen LogP) is 2.72. The predicted molar refractivity (Wildman–Crippen MR) is 92.4 cm³/mol. The highest BCUT2D eigenvalue weighted by molar-refractivity contribution is 5.02. The third-order valence-electron chi connectivity index (χ3n) is 4.43. The first-order valence-corrected chi connectivity index (χ1v) is 8.59. The van der Waals surface area contributed by atoms with Crippen LogP contribution in [0.5, 0.6) is 0 Å². The van der Waals surface area contributed by atoms with Gasteiger partial charge in [-0.1, -0.05) is 6.07 Å². The van der Waals surface area contributed by atoms with E-state index in [1.165, 1.54) is 0 Å².